The molecular weight excluding hydrogens is 330 g/mol. The molecule has 3 rings (SSSR count). The van der Waals surface area contributed by atoms with Crippen LogP contribution in [0.4, 0.5) is 5.69 Å². The second-order valence-corrected chi connectivity index (χ2v) is 7.13. The minimum Gasteiger partial charge on any atom is -0.505 e. The predicted molar refractivity (Wildman–Crippen MR) is 90.9 cm³/mol. The molecule has 0 aliphatic heterocycles. The van der Waals surface area contributed by atoms with E-state index in [1.807, 2.05) is 6.92 Å². The number of fused-ring (bicyclic) bond motifs is 1. The quantitative estimate of drug-likeness (QED) is 0.712. The molecule has 7 heteroatoms. The van der Waals surface area contributed by atoms with Crippen molar-refractivity contribution in [1.82, 2.24) is 0 Å². The van der Waals surface area contributed by atoms with Crippen molar-refractivity contribution in [3.8, 4) is 5.75 Å². The van der Waals surface area contributed by atoms with Crippen LogP contribution < -0.4 is 10.3 Å². The standard InChI is InChI=1S/C17H15NO5S/c1-10-7-8-14(11(2)9-10)24(21,22)18-15-16(19)12-5-3-4-6-13(12)23-17(15)20/h3-9,18-19H,1-2H3. The zero-order valence-electron chi connectivity index (χ0n) is 13.0. The number of benzene rings is 2. The molecule has 0 amide bonds. The molecule has 1 aromatic heterocycles. The van der Waals surface area contributed by atoms with Gasteiger partial charge < -0.3 is 9.52 Å². The third kappa shape index (κ3) is 2.74. The van der Waals surface area contributed by atoms with Gasteiger partial charge in [-0.1, -0.05) is 29.8 Å². The molecule has 124 valence electrons. The Balaban J connectivity index is 2.14. The topological polar surface area (TPSA) is 96.6 Å². The van der Waals surface area contributed by atoms with Gasteiger partial charge in [0, 0.05) is 0 Å². The molecule has 0 atom stereocenters. The summed E-state index contributed by atoms with van der Waals surface area (Å²) in [5, 5.41) is 10.5. The summed E-state index contributed by atoms with van der Waals surface area (Å²) in [7, 11) is -4.04. The van der Waals surface area contributed by atoms with E-state index in [2.05, 4.69) is 4.72 Å². The summed E-state index contributed by atoms with van der Waals surface area (Å²) in [5.41, 5.74) is 0.161. The highest BCUT2D eigenvalue weighted by molar-refractivity contribution is 7.92. The van der Waals surface area contributed by atoms with Crippen LogP contribution in [0.2, 0.25) is 0 Å². The summed E-state index contributed by atoms with van der Waals surface area (Å²) in [5.74, 6) is -0.463. The Morgan fingerprint density at radius 1 is 1.08 bits per heavy atom. The Hall–Kier alpha value is -2.80. The maximum absolute atomic E-state index is 12.6. The van der Waals surface area contributed by atoms with E-state index in [0.717, 1.165) is 5.56 Å². The third-order valence-electron chi connectivity index (χ3n) is 3.64. The molecule has 24 heavy (non-hydrogen) atoms. The molecule has 1 heterocycles. The summed E-state index contributed by atoms with van der Waals surface area (Å²) >= 11 is 0. The smallest absolute Gasteiger partial charge is 0.364 e. The molecular formula is C17H15NO5S. The average molecular weight is 345 g/mol. The number of rotatable bonds is 3. The van der Waals surface area contributed by atoms with Gasteiger partial charge in [0.2, 0.25) is 0 Å². The fourth-order valence-corrected chi connectivity index (χ4v) is 3.80. The molecule has 6 nitrogen and oxygen atoms in total. The van der Waals surface area contributed by atoms with E-state index in [9.17, 15) is 18.3 Å². The van der Waals surface area contributed by atoms with E-state index in [-0.39, 0.29) is 15.9 Å². The Morgan fingerprint density at radius 2 is 1.79 bits per heavy atom. The van der Waals surface area contributed by atoms with Gasteiger partial charge >= 0.3 is 5.63 Å². The molecule has 0 saturated carbocycles. The van der Waals surface area contributed by atoms with E-state index < -0.39 is 27.1 Å². The Bertz CT molecular complexity index is 1100. The highest BCUT2D eigenvalue weighted by atomic mass is 32.2. The highest BCUT2D eigenvalue weighted by Gasteiger charge is 2.22. The van der Waals surface area contributed by atoms with Gasteiger partial charge in [-0.3, -0.25) is 4.72 Å². The fraction of sp³-hybridized carbons (Fsp3) is 0.118. The minimum atomic E-state index is -4.04. The van der Waals surface area contributed by atoms with E-state index in [1.165, 1.54) is 18.2 Å². The summed E-state index contributed by atoms with van der Waals surface area (Å²) in [6.07, 6.45) is 0. The van der Waals surface area contributed by atoms with Crippen LogP contribution in [0.15, 0.2) is 56.6 Å². The summed E-state index contributed by atoms with van der Waals surface area (Å²) in [6, 6.07) is 11.2. The van der Waals surface area contributed by atoms with Crippen LogP contribution in [0.1, 0.15) is 11.1 Å². The lowest BCUT2D eigenvalue weighted by Crippen LogP contribution is -2.19. The molecule has 0 spiro atoms. The molecule has 0 fully saturated rings. The molecule has 3 aromatic rings. The summed E-state index contributed by atoms with van der Waals surface area (Å²) in [6.45, 7) is 3.50. The minimum absolute atomic E-state index is 0.0278. The van der Waals surface area contributed by atoms with Crippen molar-refractivity contribution in [1.29, 1.82) is 0 Å². The van der Waals surface area contributed by atoms with E-state index >= 15 is 0 Å². The highest BCUT2D eigenvalue weighted by Crippen LogP contribution is 2.31. The summed E-state index contributed by atoms with van der Waals surface area (Å²) in [4.78, 5) is 12.1. The third-order valence-corrected chi connectivity index (χ3v) is 5.15. The maximum atomic E-state index is 12.6. The molecule has 0 unspecified atom stereocenters. The lowest BCUT2D eigenvalue weighted by Gasteiger charge is -2.12. The van der Waals surface area contributed by atoms with Gasteiger partial charge in [0.1, 0.15) is 5.58 Å². The first-order chi connectivity index (χ1) is 11.3. The van der Waals surface area contributed by atoms with Gasteiger partial charge in [0.25, 0.3) is 10.0 Å². The first-order valence-electron chi connectivity index (χ1n) is 7.14. The monoisotopic (exact) mass is 345 g/mol. The van der Waals surface area contributed by atoms with Crippen molar-refractivity contribution in [2.75, 3.05) is 4.72 Å². The predicted octanol–water partition coefficient (Wildman–Crippen LogP) is 2.92. The van der Waals surface area contributed by atoms with Crippen molar-refractivity contribution >= 4 is 26.7 Å². The number of nitrogens with one attached hydrogen (secondary N) is 1. The average Bonchev–Trinajstić information content (AvgIpc) is 2.51. The Kier molecular flexibility index (Phi) is 3.81. The molecule has 0 aliphatic rings. The second-order valence-electron chi connectivity index (χ2n) is 5.48. The van der Waals surface area contributed by atoms with Gasteiger partial charge in [-0.2, -0.15) is 0 Å². The number of hydrogen-bond donors (Lipinski definition) is 2. The summed E-state index contributed by atoms with van der Waals surface area (Å²) < 4.78 is 32.3. The lowest BCUT2D eigenvalue weighted by molar-refractivity contribution is 0.471. The SMILES string of the molecule is Cc1ccc(S(=O)(=O)Nc2c(O)c3ccccc3oc2=O)c(C)c1. The van der Waals surface area contributed by atoms with Gasteiger partial charge in [0.05, 0.1) is 10.3 Å². The Labute approximate surface area is 138 Å². The van der Waals surface area contributed by atoms with Gasteiger partial charge in [-0.25, -0.2) is 13.2 Å². The van der Waals surface area contributed by atoms with Crippen LogP contribution in [0.5, 0.6) is 5.75 Å². The molecule has 0 radical (unpaired) electrons. The largest absolute Gasteiger partial charge is 0.505 e. The maximum Gasteiger partial charge on any atom is 0.364 e. The van der Waals surface area contributed by atoms with Crippen molar-refractivity contribution in [2.24, 2.45) is 0 Å². The molecule has 2 N–H and O–H groups in total. The van der Waals surface area contributed by atoms with Crippen LogP contribution in [-0.2, 0) is 10.0 Å². The van der Waals surface area contributed by atoms with Crippen LogP contribution in [0, 0.1) is 13.8 Å². The second kappa shape index (κ2) is 5.68. The zero-order chi connectivity index (χ0) is 17.5. The van der Waals surface area contributed by atoms with Crippen LogP contribution >= 0.6 is 0 Å². The lowest BCUT2D eigenvalue weighted by atomic mass is 10.2. The first-order valence-corrected chi connectivity index (χ1v) is 8.63. The van der Waals surface area contributed by atoms with Gasteiger partial charge in [-0.05, 0) is 37.6 Å². The number of aromatic hydroxyl groups is 1. The number of anilines is 1. The normalized spacial score (nSPS) is 11.6. The first kappa shape index (κ1) is 16.1. The van der Waals surface area contributed by atoms with Gasteiger partial charge in [-0.15, -0.1) is 0 Å². The van der Waals surface area contributed by atoms with Crippen molar-refractivity contribution in [3.63, 3.8) is 0 Å². The molecule has 2 aromatic carbocycles. The van der Waals surface area contributed by atoms with Gasteiger partial charge in [0.15, 0.2) is 11.4 Å². The number of hydrogen-bond acceptors (Lipinski definition) is 5. The van der Waals surface area contributed by atoms with Crippen molar-refractivity contribution in [3.05, 3.63) is 64.0 Å². The van der Waals surface area contributed by atoms with E-state index in [4.69, 9.17) is 4.42 Å². The van der Waals surface area contributed by atoms with E-state index in [1.54, 1.807) is 31.2 Å². The fourth-order valence-electron chi connectivity index (χ4n) is 2.51. The van der Waals surface area contributed by atoms with Crippen molar-refractivity contribution in [2.45, 2.75) is 18.7 Å². The Morgan fingerprint density at radius 3 is 2.50 bits per heavy atom. The van der Waals surface area contributed by atoms with Crippen LogP contribution in [-0.4, -0.2) is 13.5 Å². The number of aryl methyl sites for hydroxylation is 2. The van der Waals surface area contributed by atoms with E-state index in [0.29, 0.717) is 5.56 Å². The van der Waals surface area contributed by atoms with Crippen LogP contribution in [0.25, 0.3) is 11.0 Å². The van der Waals surface area contributed by atoms with Crippen molar-refractivity contribution < 1.29 is 17.9 Å². The molecule has 0 bridgehead atoms. The number of sulfonamides is 1. The number of para-hydroxylation sites is 1. The zero-order valence-corrected chi connectivity index (χ0v) is 13.8. The molecule has 0 saturated heterocycles. The molecule has 0 aliphatic carbocycles. The van der Waals surface area contributed by atoms with Crippen LogP contribution in [0.3, 0.4) is 0 Å².